The second kappa shape index (κ2) is 7.74. The largest absolute Gasteiger partial charge is 0.343 e. The van der Waals surface area contributed by atoms with E-state index < -0.39 is 5.41 Å². The summed E-state index contributed by atoms with van der Waals surface area (Å²) in [6.45, 7) is 1.77. The van der Waals surface area contributed by atoms with E-state index in [1.54, 1.807) is 18.2 Å². The lowest BCUT2D eigenvalue weighted by Gasteiger charge is -2.17. The van der Waals surface area contributed by atoms with Crippen molar-refractivity contribution >= 4 is 17.5 Å². The molecule has 2 aromatic carbocycles. The van der Waals surface area contributed by atoms with Crippen LogP contribution < -0.4 is 5.32 Å². The van der Waals surface area contributed by atoms with Gasteiger partial charge in [-0.1, -0.05) is 30.3 Å². The number of halogens is 1. The molecule has 0 unspecified atom stereocenters. The number of hydrogen-bond donors (Lipinski definition) is 1. The second-order valence-corrected chi connectivity index (χ2v) is 7.80. The average molecular weight is 380 g/mol. The summed E-state index contributed by atoms with van der Waals surface area (Å²) in [5.74, 6) is -0.266. The maximum atomic E-state index is 14.1. The fourth-order valence-corrected chi connectivity index (χ4v) is 3.97. The van der Waals surface area contributed by atoms with Crippen molar-refractivity contribution in [2.45, 2.75) is 43.9 Å². The highest BCUT2D eigenvalue weighted by molar-refractivity contribution is 6.01. The van der Waals surface area contributed by atoms with Crippen molar-refractivity contribution in [2.75, 3.05) is 18.4 Å². The van der Waals surface area contributed by atoms with Gasteiger partial charge >= 0.3 is 0 Å². The summed E-state index contributed by atoms with van der Waals surface area (Å²) in [7, 11) is 0. The van der Waals surface area contributed by atoms with Gasteiger partial charge in [-0.25, -0.2) is 4.39 Å². The minimum atomic E-state index is -0.744. The predicted molar refractivity (Wildman–Crippen MR) is 107 cm³/mol. The number of carbonyl (C=O) groups is 2. The molecule has 1 saturated carbocycles. The van der Waals surface area contributed by atoms with Crippen molar-refractivity contribution in [1.82, 2.24) is 4.90 Å². The zero-order chi connectivity index (χ0) is 19.6. The first kappa shape index (κ1) is 18.7. The number of nitrogens with one attached hydrogen (secondary N) is 1. The molecule has 0 radical (unpaired) electrons. The first-order chi connectivity index (χ1) is 13.6. The molecule has 4 rings (SSSR count). The topological polar surface area (TPSA) is 49.4 Å². The Morgan fingerprint density at radius 1 is 1.00 bits per heavy atom. The van der Waals surface area contributed by atoms with E-state index in [4.69, 9.17) is 0 Å². The van der Waals surface area contributed by atoms with Gasteiger partial charge in [0.15, 0.2) is 0 Å². The van der Waals surface area contributed by atoms with E-state index in [1.165, 1.54) is 6.07 Å². The van der Waals surface area contributed by atoms with Crippen molar-refractivity contribution in [1.29, 1.82) is 0 Å². The summed E-state index contributed by atoms with van der Waals surface area (Å²) in [5.41, 5.74) is 1.50. The Bertz CT molecular complexity index is 868. The van der Waals surface area contributed by atoms with Crippen LogP contribution in [0.15, 0.2) is 48.5 Å². The molecule has 1 heterocycles. The molecule has 2 aliphatic rings. The molecule has 1 N–H and O–H groups in total. The molecule has 2 fully saturated rings. The van der Waals surface area contributed by atoms with Crippen LogP contribution in [-0.4, -0.2) is 29.8 Å². The summed E-state index contributed by atoms with van der Waals surface area (Å²) >= 11 is 0. The normalized spacial score (nSPS) is 17.4. The van der Waals surface area contributed by atoms with E-state index in [-0.39, 0.29) is 17.6 Å². The average Bonchev–Trinajstić information content (AvgIpc) is 3.33. The molecule has 1 aliphatic carbocycles. The number of anilines is 1. The summed E-state index contributed by atoms with van der Waals surface area (Å²) < 4.78 is 14.1. The highest BCUT2D eigenvalue weighted by atomic mass is 19.1. The molecule has 0 atom stereocenters. The second-order valence-electron chi connectivity index (χ2n) is 7.80. The van der Waals surface area contributed by atoms with Crippen molar-refractivity contribution in [3.63, 3.8) is 0 Å². The van der Waals surface area contributed by atoms with Gasteiger partial charge in [-0.2, -0.15) is 0 Å². The van der Waals surface area contributed by atoms with Crippen LogP contribution >= 0.6 is 0 Å². The first-order valence-corrected chi connectivity index (χ1v) is 10.0. The lowest BCUT2D eigenvalue weighted by Crippen LogP contribution is -2.28. The van der Waals surface area contributed by atoms with Crippen LogP contribution in [0.2, 0.25) is 0 Å². The highest BCUT2D eigenvalue weighted by Crippen LogP contribution is 2.49. The number of nitrogens with zero attached hydrogens (tertiary/aromatic N) is 1. The van der Waals surface area contributed by atoms with Crippen LogP contribution in [0.1, 0.15) is 43.2 Å². The zero-order valence-electron chi connectivity index (χ0n) is 15.9. The van der Waals surface area contributed by atoms with Crippen LogP contribution in [0.3, 0.4) is 0 Å². The Hall–Kier alpha value is -2.69. The quantitative estimate of drug-likeness (QED) is 0.822. The summed E-state index contributed by atoms with van der Waals surface area (Å²) in [4.78, 5) is 26.9. The van der Waals surface area contributed by atoms with Gasteiger partial charge in [0, 0.05) is 30.8 Å². The highest BCUT2D eigenvalue weighted by Gasteiger charge is 2.52. The van der Waals surface area contributed by atoms with E-state index in [1.807, 2.05) is 29.2 Å². The first-order valence-electron chi connectivity index (χ1n) is 10.0. The van der Waals surface area contributed by atoms with Gasteiger partial charge in [-0.05, 0) is 55.9 Å². The lowest BCUT2D eigenvalue weighted by molar-refractivity contribution is -0.130. The minimum absolute atomic E-state index is 0.158. The van der Waals surface area contributed by atoms with Crippen molar-refractivity contribution in [2.24, 2.45) is 0 Å². The minimum Gasteiger partial charge on any atom is -0.343 e. The Balaban J connectivity index is 1.35. The molecule has 4 nitrogen and oxygen atoms in total. The molecule has 0 spiro atoms. The number of rotatable bonds is 6. The standard InChI is InChI=1S/C23H25FN2O2/c24-20-6-2-1-5-19(20)23(13-14-23)22(28)25-18-10-7-17(8-11-18)9-12-21(27)26-15-3-4-16-26/h1-2,5-8,10-11H,3-4,9,12-16H2,(H,25,28). The molecule has 2 aromatic rings. The van der Waals surface area contributed by atoms with Gasteiger partial charge in [-0.15, -0.1) is 0 Å². The molecule has 1 aliphatic heterocycles. The fraction of sp³-hybridized carbons (Fsp3) is 0.391. The number of benzene rings is 2. The fourth-order valence-electron chi connectivity index (χ4n) is 3.97. The van der Waals surface area contributed by atoms with Gasteiger partial charge in [0.1, 0.15) is 5.82 Å². The van der Waals surface area contributed by atoms with E-state index in [0.717, 1.165) is 31.5 Å². The Kier molecular flexibility index (Phi) is 5.16. The van der Waals surface area contributed by atoms with Gasteiger partial charge in [0.05, 0.1) is 5.41 Å². The monoisotopic (exact) mass is 380 g/mol. The van der Waals surface area contributed by atoms with Gasteiger partial charge in [0.25, 0.3) is 0 Å². The number of aryl methyl sites for hydroxylation is 1. The molecule has 0 aromatic heterocycles. The van der Waals surface area contributed by atoms with Gasteiger partial charge in [0.2, 0.25) is 11.8 Å². The summed E-state index contributed by atoms with van der Waals surface area (Å²) in [5, 5.41) is 2.93. The van der Waals surface area contributed by atoms with Crippen LogP contribution in [0.25, 0.3) is 0 Å². The third-order valence-electron chi connectivity index (χ3n) is 5.87. The maximum absolute atomic E-state index is 14.1. The Morgan fingerprint density at radius 2 is 1.68 bits per heavy atom. The van der Waals surface area contributed by atoms with Crippen molar-refractivity contribution in [3.05, 3.63) is 65.5 Å². The maximum Gasteiger partial charge on any atom is 0.235 e. The zero-order valence-corrected chi connectivity index (χ0v) is 15.9. The third kappa shape index (κ3) is 3.79. The molecule has 1 saturated heterocycles. The summed E-state index contributed by atoms with van der Waals surface area (Å²) in [6.07, 6.45) is 4.75. The molecule has 146 valence electrons. The number of amides is 2. The Morgan fingerprint density at radius 3 is 2.32 bits per heavy atom. The van der Waals surface area contributed by atoms with E-state index in [2.05, 4.69) is 5.32 Å². The molecule has 5 heteroatoms. The molecular weight excluding hydrogens is 355 g/mol. The smallest absolute Gasteiger partial charge is 0.235 e. The van der Waals surface area contributed by atoms with Crippen LogP contribution in [0, 0.1) is 5.82 Å². The summed E-state index contributed by atoms with van der Waals surface area (Å²) in [6, 6.07) is 14.1. The van der Waals surface area contributed by atoms with Gasteiger partial charge in [-0.3, -0.25) is 9.59 Å². The Labute approximate surface area is 164 Å². The third-order valence-corrected chi connectivity index (χ3v) is 5.87. The number of hydrogen-bond acceptors (Lipinski definition) is 2. The molecule has 2 amide bonds. The van der Waals surface area contributed by atoms with Crippen molar-refractivity contribution < 1.29 is 14.0 Å². The number of carbonyl (C=O) groups excluding carboxylic acids is 2. The number of likely N-dealkylation sites (tertiary alicyclic amines) is 1. The SMILES string of the molecule is O=C(CCc1ccc(NC(=O)C2(c3ccccc3F)CC2)cc1)N1CCCC1. The predicted octanol–water partition coefficient (Wildman–Crippen LogP) is 4.05. The van der Waals surface area contributed by atoms with Crippen LogP contribution in [-0.2, 0) is 21.4 Å². The molecular formula is C23H25FN2O2. The van der Waals surface area contributed by atoms with Crippen molar-refractivity contribution in [3.8, 4) is 0 Å². The van der Waals surface area contributed by atoms with Crippen LogP contribution in [0.4, 0.5) is 10.1 Å². The van der Waals surface area contributed by atoms with E-state index in [9.17, 15) is 14.0 Å². The van der Waals surface area contributed by atoms with Crippen LogP contribution in [0.5, 0.6) is 0 Å². The van der Waals surface area contributed by atoms with Gasteiger partial charge < -0.3 is 10.2 Å². The molecule has 28 heavy (non-hydrogen) atoms. The molecule has 0 bridgehead atoms. The van der Waals surface area contributed by atoms with E-state index >= 15 is 0 Å². The van der Waals surface area contributed by atoms with E-state index in [0.29, 0.717) is 36.9 Å². The lowest BCUT2D eigenvalue weighted by atomic mass is 9.94.